The summed E-state index contributed by atoms with van der Waals surface area (Å²) in [6.45, 7) is 0. The molecule has 0 bridgehead atoms. The zero-order chi connectivity index (χ0) is 18.9. The monoisotopic (exact) mass is 386 g/mol. The first-order chi connectivity index (χ1) is 13.8. The third-order valence-corrected chi connectivity index (χ3v) is 4.98. The van der Waals surface area contributed by atoms with Gasteiger partial charge in [0.15, 0.2) is 11.6 Å². The molecule has 0 saturated carbocycles. The van der Waals surface area contributed by atoms with Crippen LogP contribution in [0, 0.1) is 0 Å². The van der Waals surface area contributed by atoms with Gasteiger partial charge in [0.1, 0.15) is 5.75 Å². The fourth-order valence-electron chi connectivity index (χ4n) is 2.91. The fourth-order valence-corrected chi connectivity index (χ4v) is 3.55. The number of para-hydroxylation sites is 1. The van der Waals surface area contributed by atoms with Gasteiger partial charge in [-0.1, -0.05) is 24.3 Å². The molecular formula is C20H14N6OS. The Morgan fingerprint density at radius 3 is 2.71 bits per heavy atom. The lowest BCUT2D eigenvalue weighted by atomic mass is 10.2. The molecule has 0 spiro atoms. The molecule has 0 aliphatic carbocycles. The van der Waals surface area contributed by atoms with Crippen LogP contribution in [0.25, 0.3) is 39.5 Å². The van der Waals surface area contributed by atoms with Gasteiger partial charge in [0, 0.05) is 21.9 Å². The number of hydrogen-bond acceptors (Lipinski definition) is 7. The molecule has 2 aromatic carbocycles. The van der Waals surface area contributed by atoms with Crippen LogP contribution in [0.3, 0.4) is 0 Å². The first-order valence-corrected chi connectivity index (χ1v) is 9.50. The van der Waals surface area contributed by atoms with E-state index in [1.165, 1.54) is 4.80 Å². The van der Waals surface area contributed by atoms with Crippen molar-refractivity contribution in [2.24, 2.45) is 0 Å². The molecule has 8 heteroatoms. The lowest BCUT2D eigenvalue weighted by Gasteiger charge is -2.06. The van der Waals surface area contributed by atoms with Gasteiger partial charge in [-0.15, -0.1) is 15.0 Å². The van der Waals surface area contributed by atoms with Crippen LogP contribution >= 0.6 is 11.3 Å². The van der Waals surface area contributed by atoms with Gasteiger partial charge in [0.25, 0.3) is 0 Å². The Bertz CT molecular complexity index is 1260. The molecule has 136 valence electrons. The van der Waals surface area contributed by atoms with E-state index >= 15 is 0 Å². The molecule has 0 aliphatic heterocycles. The molecule has 7 nitrogen and oxygen atoms in total. The molecule has 3 heterocycles. The van der Waals surface area contributed by atoms with Crippen LogP contribution in [0.15, 0.2) is 65.4 Å². The summed E-state index contributed by atoms with van der Waals surface area (Å²) in [4.78, 5) is 10.9. The highest BCUT2D eigenvalue weighted by Crippen LogP contribution is 2.26. The molecule has 0 aliphatic rings. The van der Waals surface area contributed by atoms with Crippen LogP contribution in [0.1, 0.15) is 0 Å². The van der Waals surface area contributed by atoms with Gasteiger partial charge in [0.2, 0.25) is 5.82 Å². The van der Waals surface area contributed by atoms with E-state index in [0.717, 1.165) is 27.8 Å². The summed E-state index contributed by atoms with van der Waals surface area (Å²) in [5.41, 5.74) is 2.61. The number of tetrazole rings is 1. The summed E-state index contributed by atoms with van der Waals surface area (Å²) in [5.74, 6) is 2.46. The molecule has 28 heavy (non-hydrogen) atoms. The highest BCUT2D eigenvalue weighted by molar-refractivity contribution is 7.08. The quantitative estimate of drug-likeness (QED) is 0.464. The number of aromatic nitrogens is 6. The molecule has 0 saturated heterocycles. The Kier molecular flexibility index (Phi) is 4.02. The molecule has 3 aromatic heterocycles. The van der Waals surface area contributed by atoms with Crippen LogP contribution in [-0.4, -0.2) is 37.3 Å². The van der Waals surface area contributed by atoms with Crippen LogP contribution < -0.4 is 4.74 Å². The van der Waals surface area contributed by atoms with Crippen molar-refractivity contribution in [2.75, 3.05) is 7.11 Å². The van der Waals surface area contributed by atoms with E-state index in [1.54, 1.807) is 18.4 Å². The van der Waals surface area contributed by atoms with Crippen LogP contribution in [-0.2, 0) is 0 Å². The normalized spacial score (nSPS) is 11.0. The van der Waals surface area contributed by atoms with Crippen molar-refractivity contribution in [3.63, 3.8) is 0 Å². The predicted molar refractivity (Wildman–Crippen MR) is 108 cm³/mol. The summed E-state index contributed by atoms with van der Waals surface area (Å²) < 4.78 is 5.28. The SMILES string of the molecule is COc1cccc(-c2nnn(-c3nc(-c4ccsc4)nc4ccccc34)n2)c1. The Labute approximate surface area is 164 Å². The number of benzene rings is 2. The zero-order valence-electron chi connectivity index (χ0n) is 14.9. The van der Waals surface area contributed by atoms with Crippen LogP contribution in [0.2, 0.25) is 0 Å². The smallest absolute Gasteiger partial charge is 0.205 e. The lowest BCUT2D eigenvalue weighted by Crippen LogP contribution is -2.05. The van der Waals surface area contributed by atoms with Crippen molar-refractivity contribution < 1.29 is 4.74 Å². The van der Waals surface area contributed by atoms with E-state index in [-0.39, 0.29) is 0 Å². The average Bonchev–Trinajstić information content (AvgIpc) is 3.45. The second-order valence-corrected chi connectivity index (χ2v) is 6.81. The molecule has 0 amide bonds. The number of nitrogens with zero attached hydrogens (tertiary/aromatic N) is 6. The molecule has 0 atom stereocenters. The minimum absolute atomic E-state index is 0.499. The molecule has 0 unspecified atom stereocenters. The maximum Gasteiger partial charge on any atom is 0.205 e. The van der Waals surface area contributed by atoms with Gasteiger partial charge in [0.05, 0.1) is 12.6 Å². The van der Waals surface area contributed by atoms with Gasteiger partial charge >= 0.3 is 0 Å². The minimum atomic E-state index is 0.499. The Morgan fingerprint density at radius 2 is 1.86 bits per heavy atom. The number of fused-ring (bicyclic) bond motifs is 1. The third-order valence-electron chi connectivity index (χ3n) is 4.29. The number of rotatable bonds is 4. The molecule has 0 radical (unpaired) electrons. The van der Waals surface area contributed by atoms with Gasteiger partial charge < -0.3 is 4.74 Å². The highest BCUT2D eigenvalue weighted by Gasteiger charge is 2.15. The molecule has 5 rings (SSSR count). The predicted octanol–water partition coefficient (Wildman–Crippen LogP) is 4.01. The summed E-state index contributed by atoms with van der Waals surface area (Å²) in [6.07, 6.45) is 0. The van der Waals surface area contributed by atoms with E-state index in [9.17, 15) is 0 Å². The largest absolute Gasteiger partial charge is 0.497 e. The Morgan fingerprint density at radius 1 is 0.929 bits per heavy atom. The second-order valence-electron chi connectivity index (χ2n) is 6.03. The van der Waals surface area contributed by atoms with Crippen molar-refractivity contribution in [3.05, 3.63) is 65.4 Å². The van der Waals surface area contributed by atoms with Crippen LogP contribution in [0.5, 0.6) is 5.75 Å². The summed E-state index contributed by atoms with van der Waals surface area (Å²) >= 11 is 1.60. The van der Waals surface area contributed by atoms with E-state index in [1.807, 2.05) is 65.4 Å². The second kappa shape index (κ2) is 6.82. The zero-order valence-corrected chi connectivity index (χ0v) is 15.7. The van der Waals surface area contributed by atoms with Gasteiger partial charge in [-0.25, -0.2) is 9.97 Å². The maximum absolute atomic E-state index is 5.28. The average molecular weight is 386 g/mol. The van der Waals surface area contributed by atoms with Gasteiger partial charge in [-0.05, 0) is 40.9 Å². The van der Waals surface area contributed by atoms with Gasteiger partial charge in [-0.2, -0.15) is 11.3 Å². The molecular weight excluding hydrogens is 372 g/mol. The number of thiophene rings is 1. The molecule has 0 fully saturated rings. The van der Waals surface area contributed by atoms with Crippen molar-refractivity contribution >= 4 is 22.2 Å². The Hall–Kier alpha value is -3.65. The van der Waals surface area contributed by atoms with E-state index < -0.39 is 0 Å². The third kappa shape index (κ3) is 2.89. The fraction of sp³-hybridized carbons (Fsp3) is 0.0500. The summed E-state index contributed by atoms with van der Waals surface area (Å²) in [7, 11) is 1.63. The number of methoxy groups -OCH3 is 1. The highest BCUT2D eigenvalue weighted by atomic mass is 32.1. The van der Waals surface area contributed by atoms with Crippen LogP contribution in [0.4, 0.5) is 0 Å². The summed E-state index contributed by atoms with van der Waals surface area (Å²) in [6, 6.07) is 17.4. The van der Waals surface area contributed by atoms with E-state index in [2.05, 4.69) is 20.4 Å². The molecule has 0 N–H and O–H groups in total. The first-order valence-electron chi connectivity index (χ1n) is 8.56. The maximum atomic E-state index is 5.28. The first kappa shape index (κ1) is 16.5. The number of ether oxygens (including phenoxy) is 1. The Balaban J connectivity index is 1.66. The minimum Gasteiger partial charge on any atom is -0.497 e. The van der Waals surface area contributed by atoms with Crippen molar-refractivity contribution in [2.45, 2.75) is 0 Å². The van der Waals surface area contributed by atoms with Crippen molar-refractivity contribution in [3.8, 4) is 34.3 Å². The van der Waals surface area contributed by atoms with Crippen molar-refractivity contribution in [1.29, 1.82) is 0 Å². The standard InChI is InChI=1S/C20H14N6OS/c1-27-15-6-4-5-13(11-15)19-23-25-26(24-19)20-16-7-2-3-8-17(16)21-18(22-20)14-9-10-28-12-14/h2-12H,1H3. The topological polar surface area (TPSA) is 78.6 Å². The number of hydrogen-bond donors (Lipinski definition) is 0. The lowest BCUT2D eigenvalue weighted by molar-refractivity contribution is 0.415. The summed E-state index contributed by atoms with van der Waals surface area (Å²) in [5, 5.41) is 17.9. The van der Waals surface area contributed by atoms with E-state index in [4.69, 9.17) is 9.72 Å². The van der Waals surface area contributed by atoms with Gasteiger partial charge in [-0.3, -0.25) is 0 Å². The van der Waals surface area contributed by atoms with E-state index in [0.29, 0.717) is 17.5 Å². The van der Waals surface area contributed by atoms with Crippen molar-refractivity contribution in [1.82, 2.24) is 30.2 Å². The molecule has 5 aromatic rings.